The molecule has 1 saturated heterocycles. The lowest BCUT2D eigenvalue weighted by atomic mass is 9.94. The molecule has 0 bridgehead atoms. The lowest BCUT2D eigenvalue weighted by Gasteiger charge is -2.44. The van der Waals surface area contributed by atoms with Crippen LogP contribution in [-0.4, -0.2) is 60.0 Å². The minimum Gasteiger partial charge on any atom is -0.396 e. The average molecular weight is 337 g/mol. The van der Waals surface area contributed by atoms with Crippen LogP contribution in [0.2, 0.25) is 0 Å². The van der Waals surface area contributed by atoms with Crippen LogP contribution in [0.3, 0.4) is 0 Å². The Kier molecular flexibility index (Phi) is 6.96. The first-order chi connectivity index (χ1) is 10.9. The van der Waals surface area contributed by atoms with Crippen molar-refractivity contribution in [1.82, 2.24) is 9.80 Å². The molecular weight excluding hydrogens is 304 g/mol. The van der Waals surface area contributed by atoms with Crippen molar-refractivity contribution in [3.8, 4) is 0 Å². The molecule has 1 aliphatic rings. The number of aliphatic hydroxyl groups excluding tert-OH is 1. The predicted octanol–water partition coefficient (Wildman–Crippen LogP) is 3.32. The maximum absolute atomic E-state index is 9.43. The summed E-state index contributed by atoms with van der Waals surface area (Å²) in [6, 6.07) is 9.32. The summed E-state index contributed by atoms with van der Waals surface area (Å²) in [6.45, 7) is 12.6. The zero-order chi connectivity index (χ0) is 16.9. The van der Waals surface area contributed by atoms with E-state index < -0.39 is 0 Å². The van der Waals surface area contributed by atoms with Crippen molar-refractivity contribution in [2.24, 2.45) is 5.41 Å². The zero-order valence-corrected chi connectivity index (χ0v) is 15.9. The Bertz CT molecular complexity index is 487. The third-order valence-corrected chi connectivity index (χ3v) is 5.09. The molecule has 1 N–H and O–H groups in total. The Hall–Kier alpha value is -0.550. The van der Waals surface area contributed by atoms with Gasteiger partial charge in [-0.15, -0.1) is 11.8 Å². The third kappa shape index (κ3) is 6.11. The van der Waals surface area contributed by atoms with E-state index in [0.717, 1.165) is 39.1 Å². The number of nitrogens with zero attached hydrogens (tertiary/aromatic N) is 2. The number of rotatable bonds is 6. The van der Waals surface area contributed by atoms with Crippen molar-refractivity contribution in [3.05, 3.63) is 29.8 Å². The summed E-state index contributed by atoms with van der Waals surface area (Å²) < 4.78 is 0. The largest absolute Gasteiger partial charge is 0.396 e. The van der Waals surface area contributed by atoms with E-state index in [1.807, 2.05) is 0 Å². The molecule has 0 amide bonds. The summed E-state index contributed by atoms with van der Waals surface area (Å²) in [4.78, 5) is 6.45. The van der Waals surface area contributed by atoms with Crippen molar-refractivity contribution in [1.29, 1.82) is 0 Å². The Morgan fingerprint density at radius 3 is 2.70 bits per heavy atom. The molecule has 0 aromatic heterocycles. The second-order valence-electron chi connectivity index (χ2n) is 7.78. The average Bonchev–Trinajstić information content (AvgIpc) is 2.49. The summed E-state index contributed by atoms with van der Waals surface area (Å²) in [5.41, 5.74) is 1.70. The van der Waals surface area contributed by atoms with Crippen molar-refractivity contribution in [2.75, 3.05) is 39.0 Å². The standard InChI is InChI=1S/C19H32N2OS/c1-19(2,3)15-21-10-9-20(14-17(21)8-11-22)13-16-6-5-7-18(12-16)23-4/h5-7,12,17,22H,8-11,13-15H2,1-4H3/t17-/m1/s1. The van der Waals surface area contributed by atoms with Crippen LogP contribution in [0.15, 0.2) is 29.2 Å². The number of thioether (sulfide) groups is 1. The van der Waals surface area contributed by atoms with Gasteiger partial charge >= 0.3 is 0 Å². The van der Waals surface area contributed by atoms with Gasteiger partial charge in [0, 0.05) is 50.3 Å². The number of hydrogen-bond acceptors (Lipinski definition) is 4. The summed E-state index contributed by atoms with van der Waals surface area (Å²) in [5.74, 6) is 0. The van der Waals surface area contributed by atoms with Gasteiger partial charge in [0.2, 0.25) is 0 Å². The van der Waals surface area contributed by atoms with Crippen LogP contribution in [-0.2, 0) is 6.54 Å². The highest BCUT2D eigenvalue weighted by Crippen LogP contribution is 2.23. The van der Waals surface area contributed by atoms with Gasteiger partial charge in [0.15, 0.2) is 0 Å². The molecule has 0 unspecified atom stereocenters. The fraction of sp³-hybridized carbons (Fsp3) is 0.684. The minimum atomic E-state index is 0.279. The lowest BCUT2D eigenvalue weighted by Crippen LogP contribution is -2.54. The van der Waals surface area contributed by atoms with E-state index in [4.69, 9.17) is 0 Å². The number of hydrogen-bond donors (Lipinski definition) is 1. The Morgan fingerprint density at radius 2 is 2.04 bits per heavy atom. The molecule has 0 radical (unpaired) electrons. The van der Waals surface area contributed by atoms with Gasteiger partial charge in [-0.3, -0.25) is 9.80 Å². The molecule has 1 atom stereocenters. The highest BCUT2D eigenvalue weighted by Gasteiger charge is 2.29. The van der Waals surface area contributed by atoms with Crippen LogP contribution < -0.4 is 0 Å². The van der Waals surface area contributed by atoms with Crippen LogP contribution in [0, 0.1) is 5.41 Å². The van der Waals surface area contributed by atoms with E-state index in [0.29, 0.717) is 11.5 Å². The molecule has 2 rings (SSSR count). The molecule has 1 aromatic rings. The van der Waals surface area contributed by atoms with E-state index in [-0.39, 0.29) is 6.61 Å². The normalized spacial score (nSPS) is 20.8. The molecule has 3 nitrogen and oxygen atoms in total. The van der Waals surface area contributed by atoms with Crippen LogP contribution >= 0.6 is 11.8 Å². The van der Waals surface area contributed by atoms with Gasteiger partial charge in [-0.1, -0.05) is 32.9 Å². The summed E-state index contributed by atoms with van der Waals surface area (Å²) in [6.07, 6.45) is 3.00. The molecule has 0 aliphatic carbocycles. The molecular formula is C19H32N2OS. The maximum Gasteiger partial charge on any atom is 0.0446 e. The lowest BCUT2D eigenvalue weighted by molar-refractivity contribution is 0.0339. The molecule has 130 valence electrons. The van der Waals surface area contributed by atoms with Gasteiger partial charge in [0.1, 0.15) is 0 Å². The number of benzene rings is 1. The van der Waals surface area contributed by atoms with E-state index >= 15 is 0 Å². The van der Waals surface area contributed by atoms with Crippen molar-refractivity contribution >= 4 is 11.8 Å². The van der Waals surface area contributed by atoms with Crippen molar-refractivity contribution < 1.29 is 5.11 Å². The maximum atomic E-state index is 9.43. The summed E-state index contributed by atoms with van der Waals surface area (Å²) in [5, 5.41) is 9.43. The number of piperazine rings is 1. The Labute approximate surface area is 146 Å². The molecule has 0 saturated carbocycles. The summed E-state index contributed by atoms with van der Waals surface area (Å²) in [7, 11) is 0. The third-order valence-electron chi connectivity index (χ3n) is 4.37. The second-order valence-corrected chi connectivity index (χ2v) is 8.66. The first-order valence-corrected chi connectivity index (χ1v) is 9.84. The SMILES string of the molecule is CSc1cccc(CN2CCN(CC(C)(C)C)[C@H](CCO)C2)c1. The highest BCUT2D eigenvalue weighted by atomic mass is 32.2. The van der Waals surface area contributed by atoms with E-state index in [1.165, 1.54) is 10.5 Å². The molecule has 1 aliphatic heterocycles. The van der Waals surface area contributed by atoms with Crippen molar-refractivity contribution in [2.45, 2.75) is 44.7 Å². The van der Waals surface area contributed by atoms with E-state index in [2.05, 4.69) is 61.1 Å². The second kappa shape index (κ2) is 8.52. The zero-order valence-electron chi connectivity index (χ0n) is 15.1. The van der Waals surface area contributed by atoms with Gasteiger partial charge in [-0.05, 0) is 35.8 Å². The quantitative estimate of drug-likeness (QED) is 0.806. The van der Waals surface area contributed by atoms with Gasteiger partial charge in [-0.2, -0.15) is 0 Å². The minimum absolute atomic E-state index is 0.279. The van der Waals surface area contributed by atoms with E-state index in [1.54, 1.807) is 11.8 Å². The van der Waals surface area contributed by atoms with Gasteiger partial charge in [0.25, 0.3) is 0 Å². The molecule has 0 spiro atoms. The first kappa shape index (κ1) is 18.8. The van der Waals surface area contributed by atoms with Gasteiger partial charge in [-0.25, -0.2) is 0 Å². The molecule has 1 heterocycles. The van der Waals surface area contributed by atoms with Gasteiger partial charge < -0.3 is 5.11 Å². The fourth-order valence-corrected chi connectivity index (χ4v) is 3.85. The highest BCUT2D eigenvalue weighted by molar-refractivity contribution is 7.98. The Balaban J connectivity index is 1.97. The van der Waals surface area contributed by atoms with Crippen LogP contribution in [0.25, 0.3) is 0 Å². The summed E-state index contributed by atoms with van der Waals surface area (Å²) >= 11 is 1.80. The molecule has 1 fully saturated rings. The number of aliphatic hydroxyl groups is 1. The van der Waals surface area contributed by atoms with Crippen LogP contribution in [0.5, 0.6) is 0 Å². The predicted molar refractivity (Wildman–Crippen MR) is 100 cm³/mol. The first-order valence-electron chi connectivity index (χ1n) is 8.61. The van der Waals surface area contributed by atoms with E-state index in [9.17, 15) is 5.11 Å². The topological polar surface area (TPSA) is 26.7 Å². The Morgan fingerprint density at radius 1 is 1.26 bits per heavy atom. The van der Waals surface area contributed by atoms with Crippen molar-refractivity contribution in [3.63, 3.8) is 0 Å². The van der Waals surface area contributed by atoms with Crippen LogP contribution in [0.1, 0.15) is 32.8 Å². The van der Waals surface area contributed by atoms with Gasteiger partial charge in [0.05, 0.1) is 0 Å². The monoisotopic (exact) mass is 336 g/mol. The molecule has 4 heteroatoms. The fourth-order valence-electron chi connectivity index (χ4n) is 3.37. The molecule has 1 aromatic carbocycles. The van der Waals surface area contributed by atoms with Crippen LogP contribution in [0.4, 0.5) is 0 Å². The molecule has 23 heavy (non-hydrogen) atoms. The smallest absolute Gasteiger partial charge is 0.0446 e.